The van der Waals surface area contributed by atoms with Crippen LogP contribution in [0.4, 0.5) is 0 Å². The van der Waals surface area contributed by atoms with Crippen LogP contribution in [0.5, 0.6) is 0 Å². The number of benzene rings is 1. The summed E-state index contributed by atoms with van der Waals surface area (Å²) in [6, 6.07) is 8.34. The van der Waals surface area contributed by atoms with E-state index in [9.17, 15) is 0 Å². The van der Waals surface area contributed by atoms with Gasteiger partial charge in [-0.15, -0.1) is 0 Å². The Morgan fingerprint density at radius 3 is 2.81 bits per heavy atom. The molecule has 0 aliphatic rings. The van der Waals surface area contributed by atoms with Gasteiger partial charge in [0.05, 0.1) is 5.52 Å². The number of aryl methyl sites for hydroxylation is 1. The summed E-state index contributed by atoms with van der Waals surface area (Å²) < 4.78 is 2.10. The lowest BCUT2D eigenvalue weighted by atomic mass is 10.2. The average molecular weight is 209 g/mol. The Hall–Kier alpha value is -2.02. The lowest BCUT2D eigenvalue weighted by molar-refractivity contribution is 1.17. The predicted molar refractivity (Wildman–Crippen MR) is 71.3 cm³/mol. The number of aromatic nitrogens is 1. The van der Waals surface area contributed by atoms with Crippen molar-refractivity contribution in [1.82, 2.24) is 4.57 Å². The van der Waals surface area contributed by atoms with Gasteiger partial charge in [0.2, 0.25) is 0 Å². The van der Waals surface area contributed by atoms with Crippen molar-refractivity contribution in [2.24, 2.45) is 0 Å². The van der Waals surface area contributed by atoms with Crippen LogP contribution in [0, 0.1) is 6.92 Å². The van der Waals surface area contributed by atoms with Gasteiger partial charge in [0.15, 0.2) is 0 Å². The Balaban J connectivity index is 2.57. The van der Waals surface area contributed by atoms with E-state index in [1.165, 1.54) is 16.5 Å². The van der Waals surface area contributed by atoms with Crippen LogP contribution in [0.1, 0.15) is 5.56 Å². The molecule has 1 aromatic carbocycles. The zero-order chi connectivity index (χ0) is 11.5. The van der Waals surface area contributed by atoms with Crippen LogP contribution in [0.25, 0.3) is 16.6 Å². The fourth-order valence-electron chi connectivity index (χ4n) is 1.85. The van der Waals surface area contributed by atoms with Gasteiger partial charge in [-0.1, -0.05) is 43.5 Å². The molecule has 16 heavy (non-hydrogen) atoms. The maximum atomic E-state index is 4.05. The minimum atomic E-state index is 0.948. The van der Waals surface area contributed by atoms with E-state index in [1.807, 2.05) is 18.2 Å². The molecule has 0 saturated heterocycles. The average Bonchev–Trinajstić information content (AvgIpc) is 2.65. The number of fused-ring (bicyclic) bond motifs is 1. The van der Waals surface area contributed by atoms with E-state index in [0.717, 1.165) is 5.70 Å². The summed E-state index contributed by atoms with van der Waals surface area (Å²) in [7, 11) is 0. The summed E-state index contributed by atoms with van der Waals surface area (Å²) in [6.07, 6.45) is 7.72. The maximum Gasteiger partial charge on any atom is 0.0530 e. The highest BCUT2D eigenvalue weighted by molar-refractivity contribution is 5.87. The highest BCUT2D eigenvalue weighted by Crippen LogP contribution is 2.23. The number of hydrogen-bond acceptors (Lipinski definition) is 0. The molecule has 0 fully saturated rings. The van der Waals surface area contributed by atoms with Crippen LogP contribution in [0.2, 0.25) is 0 Å². The number of nitrogens with zero attached hydrogens (tertiary/aromatic N) is 1. The third-order valence-electron chi connectivity index (χ3n) is 2.65. The van der Waals surface area contributed by atoms with E-state index >= 15 is 0 Å². The molecule has 0 spiro atoms. The fraction of sp³-hybridized carbons (Fsp3) is 0.0667. The first-order valence-corrected chi connectivity index (χ1v) is 5.29. The van der Waals surface area contributed by atoms with Crippen molar-refractivity contribution < 1.29 is 0 Å². The molecule has 0 aliphatic carbocycles. The molecule has 0 radical (unpaired) electrons. The van der Waals surface area contributed by atoms with Gasteiger partial charge in [0.25, 0.3) is 0 Å². The lowest BCUT2D eigenvalue weighted by Gasteiger charge is -2.03. The van der Waals surface area contributed by atoms with Crippen LogP contribution in [0.15, 0.2) is 61.8 Å². The van der Waals surface area contributed by atoms with E-state index in [4.69, 9.17) is 0 Å². The quantitative estimate of drug-likeness (QED) is 0.669. The van der Waals surface area contributed by atoms with E-state index in [1.54, 1.807) is 6.08 Å². The molecule has 1 nitrogen and oxygen atoms in total. The van der Waals surface area contributed by atoms with Gasteiger partial charge in [-0.2, -0.15) is 0 Å². The summed E-state index contributed by atoms with van der Waals surface area (Å²) >= 11 is 0. The molecule has 0 N–H and O–H groups in total. The van der Waals surface area contributed by atoms with Gasteiger partial charge in [0, 0.05) is 17.3 Å². The molecule has 80 valence electrons. The van der Waals surface area contributed by atoms with Gasteiger partial charge in [-0.3, -0.25) is 0 Å². The molecule has 1 aromatic heterocycles. The van der Waals surface area contributed by atoms with Crippen LogP contribution in [-0.2, 0) is 0 Å². The minimum absolute atomic E-state index is 0.948. The SMILES string of the molecule is C=CC=CC(=C)n1cc(C)c2ccccc21. The highest BCUT2D eigenvalue weighted by atomic mass is 15.0. The minimum Gasteiger partial charge on any atom is -0.317 e. The summed E-state index contributed by atoms with van der Waals surface area (Å²) in [4.78, 5) is 0. The molecule has 1 heterocycles. The Labute approximate surface area is 96.0 Å². The lowest BCUT2D eigenvalue weighted by Crippen LogP contribution is -1.89. The third-order valence-corrected chi connectivity index (χ3v) is 2.65. The van der Waals surface area contributed by atoms with Gasteiger partial charge in [0.1, 0.15) is 0 Å². The van der Waals surface area contributed by atoms with Crippen LogP contribution >= 0.6 is 0 Å². The van der Waals surface area contributed by atoms with Crippen LogP contribution in [-0.4, -0.2) is 4.57 Å². The Bertz CT molecular complexity index is 570. The molecule has 1 heteroatoms. The first kappa shape index (κ1) is 10.5. The molecule has 0 aliphatic heterocycles. The molecular weight excluding hydrogens is 194 g/mol. The normalized spacial score (nSPS) is 11.1. The zero-order valence-electron chi connectivity index (χ0n) is 9.48. The third kappa shape index (κ3) is 1.72. The molecule has 0 amide bonds. The second-order valence-corrected chi connectivity index (χ2v) is 3.79. The molecular formula is C15H15N. The highest BCUT2D eigenvalue weighted by Gasteiger charge is 2.04. The number of rotatable bonds is 3. The van der Waals surface area contributed by atoms with Crippen molar-refractivity contribution >= 4 is 16.6 Å². The van der Waals surface area contributed by atoms with Crippen molar-refractivity contribution in [3.63, 3.8) is 0 Å². The Kier molecular flexibility index (Phi) is 2.78. The van der Waals surface area contributed by atoms with Crippen molar-refractivity contribution in [3.8, 4) is 0 Å². The predicted octanol–water partition coefficient (Wildman–Crippen LogP) is 4.16. The number of allylic oxidation sites excluding steroid dienone is 4. The Morgan fingerprint density at radius 1 is 1.31 bits per heavy atom. The van der Waals surface area contributed by atoms with Gasteiger partial charge in [-0.05, 0) is 24.6 Å². The second kappa shape index (κ2) is 4.23. The Morgan fingerprint density at radius 2 is 2.06 bits per heavy atom. The van der Waals surface area contributed by atoms with Gasteiger partial charge in [-0.25, -0.2) is 0 Å². The van der Waals surface area contributed by atoms with Crippen molar-refractivity contribution in [2.45, 2.75) is 6.92 Å². The van der Waals surface area contributed by atoms with E-state index < -0.39 is 0 Å². The molecule has 0 atom stereocenters. The zero-order valence-corrected chi connectivity index (χ0v) is 9.48. The molecule has 0 bridgehead atoms. The topological polar surface area (TPSA) is 4.93 Å². The van der Waals surface area contributed by atoms with Crippen LogP contribution < -0.4 is 0 Å². The molecule has 0 unspecified atom stereocenters. The smallest absolute Gasteiger partial charge is 0.0530 e. The summed E-state index contributed by atoms with van der Waals surface area (Å²) in [5, 5.41) is 1.27. The maximum absolute atomic E-state index is 4.05. The largest absolute Gasteiger partial charge is 0.317 e. The van der Waals surface area contributed by atoms with Crippen LogP contribution in [0.3, 0.4) is 0 Å². The van der Waals surface area contributed by atoms with E-state index in [0.29, 0.717) is 0 Å². The van der Waals surface area contributed by atoms with Crippen molar-refractivity contribution in [1.29, 1.82) is 0 Å². The summed E-state index contributed by atoms with van der Waals surface area (Å²) in [5.74, 6) is 0. The van der Waals surface area contributed by atoms with E-state index in [-0.39, 0.29) is 0 Å². The van der Waals surface area contributed by atoms with Gasteiger partial charge < -0.3 is 4.57 Å². The molecule has 0 saturated carbocycles. The van der Waals surface area contributed by atoms with Crippen molar-refractivity contribution in [2.75, 3.05) is 0 Å². The van der Waals surface area contributed by atoms with Crippen molar-refractivity contribution in [3.05, 3.63) is 67.4 Å². The van der Waals surface area contributed by atoms with E-state index in [2.05, 4.69) is 49.0 Å². The number of para-hydroxylation sites is 1. The standard InChI is InChI=1S/C15H15N/c1-4-5-8-13(3)16-11-12(2)14-9-6-7-10-15(14)16/h4-11H,1,3H2,2H3. The molecule has 2 rings (SSSR count). The summed E-state index contributed by atoms with van der Waals surface area (Å²) in [5.41, 5.74) is 3.41. The first-order valence-electron chi connectivity index (χ1n) is 5.29. The fourth-order valence-corrected chi connectivity index (χ4v) is 1.85. The molecule has 2 aromatic rings. The summed E-state index contributed by atoms with van der Waals surface area (Å²) in [6.45, 7) is 9.83. The first-order chi connectivity index (χ1) is 7.74. The number of hydrogen-bond donors (Lipinski definition) is 0. The second-order valence-electron chi connectivity index (χ2n) is 3.79. The van der Waals surface area contributed by atoms with Gasteiger partial charge >= 0.3 is 0 Å². The monoisotopic (exact) mass is 209 g/mol.